The van der Waals surface area contributed by atoms with Gasteiger partial charge in [0.2, 0.25) is 0 Å². The molecule has 7 rings (SSSR count). The van der Waals surface area contributed by atoms with Crippen molar-refractivity contribution in [1.29, 1.82) is 0 Å². The third-order valence-corrected chi connectivity index (χ3v) is 10.9. The molecule has 12 nitrogen and oxygen atoms in total. The maximum absolute atomic E-state index is 13.7. The van der Waals surface area contributed by atoms with Gasteiger partial charge in [-0.15, -0.1) is 0 Å². The van der Waals surface area contributed by atoms with Gasteiger partial charge >= 0.3 is 17.1 Å². The quantitative estimate of drug-likeness (QED) is 0.0626. The summed E-state index contributed by atoms with van der Waals surface area (Å²) in [5.74, 6) is -1.81. The minimum absolute atomic E-state index is 0. The van der Waals surface area contributed by atoms with Crippen LogP contribution < -0.4 is 10.2 Å². The summed E-state index contributed by atoms with van der Waals surface area (Å²) in [7, 11) is 3.92. The van der Waals surface area contributed by atoms with Gasteiger partial charge in [-0.1, -0.05) is 42.5 Å². The van der Waals surface area contributed by atoms with Gasteiger partial charge in [0.15, 0.2) is 0 Å². The second-order valence-corrected chi connectivity index (χ2v) is 15.4. The largest absolute Gasteiger partial charge is 2.00 e. The van der Waals surface area contributed by atoms with Crippen LogP contribution in [0.25, 0.3) is 10.8 Å². The smallest absolute Gasteiger partial charge is 0.862 e. The average Bonchev–Trinajstić information content (AvgIpc) is 4.06. The number of allylic oxidation sites excluding steroid dienone is 7. The molecule has 5 aliphatic rings. The molecule has 2 heterocycles. The van der Waals surface area contributed by atoms with Crippen LogP contribution in [-0.4, -0.2) is 121 Å². The predicted octanol–water partition coefficient (Wildman–Crippen LogP) is 4.40. The van der Waals surface area contributed by atoms with E-state index < -0.39 is 23.6 Å². The van der Waals surface area contributed by atoms with Gasteiger partial charge in [-0.3, -0.25) is 29.0 Å². The van der Waals surface area contributed by atoms with Crippen LogP contribution in [0.3, 0.4) is 0 Å². The monoisotopic (exact) mass is 853 g/mol. The Morgan fingerprint density at radius 2 is 1.07 bits per heavy atom. The third kappa shape index (κ3) is 12.0. The van der Waals surface area contributed by atoms with Crippen molar-refractivity contribution in [2.75, 3.05) is 66.5 Å². The Balaban J connectivity index is 0.00000106. The van der Waals surface area contributed by atoms with Crippen LogP contribution >= 0.6 is 0 Å². The normalized spacial score (nSPS) is 17.4. The SMILES string of the molecule is CN(CCCN=C([O-])CC1=CCC=C1)CCCN1C(=O)c2ccc3c4c(ccc(c24)C1=O)C(=O)N(CCCN(C)CCCN=C([O-])CC1C=CC=C1)C3=O.[CH]1[CH][CH][CH][CH]1.[Fe+2]. The van der Waals surface area contributed by atoms with Crippen LogP contribution in [0.4, 0.5) is 0 Å². The van der Waals surface area contributed by atoms with Gasteiger partial charge in [-0.2, -0.15) is 0 Å². The summed E-state index contributed by atoms with van der Waals surface area (Å²) < 4.78 is 0. The van der Waals surface area contributed by atoms with Crippen molar-refractivity contribution in [3.05, 3.63) is 127 Å². The molecule has 1 fully saturated rings. The molecule has 13 heteroatoms. The zero-order valence-electron chi connectivity index (χ0n) is 34.4. The Hall–Kier alpha value is -4.68. The van der Waals surface area contributed by atoms with Gasteiger partial charge in [-0.25, -0.2) is 0 Å². The minimum atomic E-state index is -0.436. The molecule has 0 unspecified atom stereocenters. The zero-order chi connectivity index (χ0) is 41.7. The molecular weight excluding hydrogens is 800 g/mol. The summed E-state index contributed by atoms with van der Waals surface area (Å²) in [6.07, 6.45) is 28.1. The molecule has 2 aromatic rings. The molecule has 2 aliphatic heterocycles. The number of carbonyl (C=O) groups excluding carboxylic acids is 4. The molecule has 0 bridgehead atoms. The fraction of sp³-hybridized carbons (Fsp3) is 0.383. The van der Waals surface area contributed by atoms with Gasteiger partial charge in [0, 0.05) is 59.2 Å². The second-order valence-electron chi connectivity index (χ2n) is 15.4. The van der Waals surface area contributed by atoms with Gasteiger partial charge in [0.05, 0.1) is 0 Å². The number of aliphatic imine (C=N–C) groups is 2. The predicted molar refractivity (Wildman–Crippen MR) is 227 cm³/mol. The van der Waals surface area contributed by atoms with Crippen molar-refractivity contribution in [2.45, 2.75) is 44.9 Å². The van der Waals surface area contributed by atoms with Gasteiger partial charge in [0.1, 0.15) is 0 Å². The summed E-state index contributed by atoms with van der Waals surface area (Å²) in [6, 6.07) is 6.39. The maximum atomic E-state index is 13.7. The Morgan fingerprint density at radius 1 is 0.650 bits per heavy atom. The summed E-state index contributed by atoms with van der Waals surface area (Å²) in [4.78, 5) is 69.7. The van der Waals surface area contributed by atoms with Crippen molar-refractivity contribution in [2.24, 2.45) is 15.9 Å². The van der Waals surface area contributed by atoms with E-state index in [9.17, 15) is 29.4 Å². The standard InChI is InChI=1S/C42H50N6O6.C5H5.Fe/c1-45(21-7-19-43-35(49)27-29-11-3-4-12-29)23-9-25-47-39(51)31-15-17-33-38-34(18-16-32(37(31)38)40(47)52)42(54)48(41(33)53)26-10-24-46(2)22-8-20-44-36(50)28-30-13-5-6-14-30;1-2-4-5-3-1;/h3-5,11-18,29H,6-10,19-28H2,1-2H3,(H,43,49)(H,44,50);1-5H;/q;;+2/p-2. The van der Waals surface area contributed by atoms with E-state index in [0.717, 1.165) is 37.9 Å². The van der Waals surface area contributed by atoms with E-state index in [1.807, 2.05) is 88.7 Å². The summed E-state index contributed by atoms with van der Waals surface area (Å²) in [5, 5.41) is 24.9. The topological polar surface area (TPSA) is 152 Å². The van der Waals surface area contributed by atoms with E-state index in [-0.39, 0.29) is 47.9 Å². The number of carbonyl (C=O) groups is 4. The third-order valence-electron chi connectivity index (χ3n) is 10.9. The Morgan fingerprint density at radius 3 is 1.48 bits per heavy atom. The first-order valence-corrected chi connectivity index (χ1v) is 20.6. The summed E-state index contributed by atoms with van der Waals surface area (Å²) >= 11 is 0. The van der Waals surface area contributed by atoms with Crippen LogP contribution in [0.1, 0.15) is 86.4 Å². The Bertz CT molecular complexity index is 1980. The fourth-order valence-electron chi connectivity index (χ4n) is 7.76. The Kier molecular flexibility index (Phi) is 17.6. The average molecular weight is 854 g/mol. The molecule has 0 aromatic heterocycles. The molecule has 0 atom stereocenters. The molecule has 0 N–H and O–H groups in total. The summed E-state index contributed by atoms with van der Waals surface area (Å²) in [6.45, 7) is 4.09. The van der Waals surface area contributed by atoms with Crippen molar-refractivity contribution in [3.8, 4) is 0 Å². The number of hydrogen-bond acceptors (Lipinski definition) is 10. The maximum Gasteiger partial charge on any atom is 2.00 e. The molecule has 0 saturated heterocycles. The minimum Gasteiger partial charge on any atom is -0.862 e. The van der Waals surface area contributed by atoms with E-state index in [1.165, 1.54) is 9.80 Å². The molecule has 0 spiro atoms. The second kappa shape index (κ2) is 22.8. The molecule has 3 aliphatic carbocycles. The molecule has 60 heavy (non-hydrogen) atoms. The summed E-state index contributed by atoms with van der Waals surface area (Å²) in [5.41, 5.74) is 2.26. The number of rotatable bonds is 20. The van der Waals surface area contributed by atoms with E-state index in [4.69, 9.17) is 0 Å². The van der Waals surface area contributed by atoms with Crippen molar-refractivity contribution >= 4 is 46.2 Å². The molecule has 1 saturated carbocycles. The number of amides is 4. The first-order valence-electron chi connectivity index (χ1n) is 20.6. The first-order chi connectivity index (χ1) is 28.6. The zero-order valence-corrected chi connectivity index (χ0v) is 35.5. The van der Waals surface area contributed by atoms with Gasteiger partial charge < -0.3 is 30.0 Å². The van der Waals surface area contributed by atoms with E-state index in [0.29, 0.717) is 84.9 Å². The van der Waals surface area contributed by atoms with Crippen LogP contribution in [0.2, 0.25) is 0 Å². The van der Waals surface area contributed by atoms with Crippen molar-refractivity contribution in [1.82, 2.24) is 19.6 Å². The van der Waals surface area contributed by atoms with Gasteiger partial charge in [0.25, 0.3) is 23.6 Å². The molecule has 2 aromatic carbocycles. The van der Waals surface area contributed by atoms with Crippen LogP contribution in [-0.2, 0) is 17.1 Å². The van der Waals surface area contributed by atoms with Crippen LogP contribution in [0, 0.1) is 38.0 Å². The number of benzene rings is 2. The van der Waals surface area contributed by atoms with E-state index in [1.54, 1.807) is 24.3 Å². The van der Waals surface area contributed by atoms with Crippen LogP contribution in [0.15, 0.2) is 82.4 Å². The molecule has 5 radical (unpaired) electrons. The number of hydrogen-bond donors (Lipinski definition) is 0. The molecular formula is C47H53FeN6O6. The first kappa shape index (κ1) is 46.4. The van der Waals surface area contributed by atoms with Crippen LogP contribution in [0.5, 0.6) is 0 Å². The van der Waals surface area contributed by atoms with E-state index in [2.05, 4.69) is 19.8 Å². The van der Waals surface area contributed by atoms with E-state index >= 15 is 0 Å². The molecule has 315 valence electrons. The number of imide groups is 2. The molecule has 4 amide bonds. The van der Waals surface area contributed by atoms with Crippen molar-refractivity contribution in [3.63, 3.8) is 0 Å². The van der Waals surface area contributed by atoms with Gasteiger partial charge in [-0.05, 0) is 165 Å². The number of nitrogens with zero attached hydrogens (tertiary/aromatic N) is 6. The fourth-order valence-corrected chi connectivity index (χ4v) is 7.76. The Labute approximate surface area is 364 Å². The van der Waals surface area contributed by atoms with Crippen molar-refractivity contribution < 1.29 is 46.5 Å².